The molecule has 2 aromatic carbocycles. The van der Waals surface area contributed by atoms with Gasteiger partial charge < -0.3 is 15.0 Å². The lowest BCUT2D eigenvalue weighted by atomic mass is 10.1. The summed E-state index contributed by atoms with van der Waals surface area (Å²) in [6.07, 6.45) is 4.31. The third-order valence-electron chi connectivity index (χ3n) is 5.25. The van der Waals surface area contributed by atoms with Crippen LogP contribution in [0.4, 0.5) is 5.69 Å². The summed E-state index contributed by atoms with van der Waals surface area (Å²) in [6, 6.07) is 16.4. The second-order valence-electron chi connectivity index (χ2n) is 7.35. The number of carbonyl (C=O) groups is 1. The maximum atomic E-state index is 12.4. The lowest BCUT2D eigenvalue weighted by molar-refractivity contribution is -0.116. The molecule has 4 rings (SSSR count). The highest BCUT2D eigenvalue weighted by Gasteiger charge is 2.11. The minimum absolute atomic E-state index is 0.0726. The molecule has 0 atom stereocenters. The number of anilines is 1. The van der Waals surface area contributed by atoms with Crippen molar-refractivity contribution in [3.05, 3.63) is 65.9 Å². The molecule has 1 saturated heterocycles. The van der Waals surface area contributed by atoms with E-state index in [4.69, 9.17) is 4.74 Å². The molecule has 1 aliphatic heterocycles. The van der Waals surface area contributed by atoms with Gasteiger partial charge in [-0.1, -0.05) is 30.3 Å². The molecule has 1 fully saturated rings. The van der Waals surface area contributed by atoms with Gasteiger partial charge in [-0.2, -0.15) is 0 Å². The number of aromatic amines is 1. The molecule has 0 aliphatic carbocycles. The molecule has 1 aliphatic rings. The Morgan fingerprint density at radius 3 is 2.86 bits per heavy atom. The predicted octanol–water partition coefficient (Wildman–Crippen LogP) is 3.96. The normalized spacial score (nSPS) is 15.0. The number of hydrogen-bond donors (Lipinski definition) is 2. The van der Waals surface area contributed by atoms with E-state index in [-0.39, 0.29) is 5.91 Å². The zero-order valence-corrected chi connectivity index (χ0v) is 16.1. The van der Waals surface area contributed by atoms with Gasteiger partial charge in [0, 0.05) is 48.8 Å². The summed E-state index contributed by atoms with van der Waals surface area (Å²) in [5.74, 6) is 0.0726. The van der Waals surface area contributed by atoms with E-state index in [1.807, 2.05) is 18.2 Å². The number of nitrogens with zero attached hydrogens (tertiary/aromatic N) is 1. The largest absolute Gasteiger partial charge is 0.379 e. The van der Waals surface area contributed by atoms with Gasteiger partial charge in [0.15, 0.2) is 0 Å². The van der Waals surface area contributed by atoms with Gasteiger partial charge in [0.2, 0.25) is 5.91 Å². The van der Waals surface area contributed by atoms with E-state index in [1.54, 1.807) is 0 Å². The molecule has 0 spiro atoms. The number of rotatable bonds is 7. The smallest absolute Gasteiger partial charge is 0.224 e. The minimum Gasteiger partial charge on any atom is -0.379 e. The van der Waals surface area contributed by atoms with E-state index >= 15 is 0 Å². The SMILES string of the molecule is O=C(CCCc1c[nH]c2ccccc12)Nc1cccc(CN2CCOCC2)c1. The summed E-state index contributed by atoms with van der Waals surface area (Å²) in [7, 11) is 0. The Morgan fingerprint density at radius 2 is 1.96 bits per heavy atom. The zero-order chi connectivity index (χ0) is 19.2. The lowest BCUT2D eigenvalue weighted by Gasteiger charge is -2.26. The summed E-state index contributed by atoms with van der Waals surface area (Å²) in [6.45, 7) is 4.42. The number of aryl methyl sites for hydroxylation is 1. The number of carbonyl (C=O) groups excluding carboxylic acids is 1. The van der Waals surface area contributed by atoms with Crippen LogP contribution in [0.5, 0.6) is 0 Å². The Morgan fingerprint density at radius 1 is 1.11 bits per heavy atom. The second kappa shape index (κ2) is 9.04. The summed E-state index contributed by atoms with van der Waals surface area (Å²) >= 11 is 0. The van der Waals surface area contributed by atoms with Gasteiger partial charge >= 0.3 is 0 Å². The standard InChI is InChI=1S/C23H27N3O2/c27-23(10-4-6-19-16-24-22-9-2-1-8-21(19)22)25-20-7-3-5-18(15-20)17-26-11-13-28-14-12-26/h1-3,5,7-9,15-16,24H,4,6,10-14,17H2,(H,25,27). The first kappa shape index (κ1) is 18.7. The van der Waals surface area contributed by atoms with Crippen molar-refractivity contribution >= 4 is 22.5 Å². The van der Waals surface area contributed by atoms with E-state index in [2.05, 4.69) is 51.7 Å². The fourth-order valence-corrected chi connectivity index (χ4v) is 3.77. The molecule has 5 nitrogen and oxygen atoms in total. The third-order valence-corrected chi connectivity index (χ3v) is 5.25. The van der Waals surface area contributed by atoms with Crippen LogP contribution in [-0.2, 0) is 22.5 Å². The van der Waals surface area contributed by atoms with Crippen molar-refractivity contribution in [1.29, 1.82) is 0 Å². The van der Waals surface area contributed by atoms with Crippen molar-refractivity contribution in [2.24, 2.45) is 0 Å². The van der Waals surface area contributed by atoms with Crippen molar-refractivity contribution in [3.8, 4) is 0 Å². The summed E-state index contributed by atoms with van der Waals surface area (Å²) in [5, 5.41) is 4.30. The summed E-state index contributed by atoms with van der Waals surface area (Å²) in [5.41, 5.74) is 4.52. The molecule has 1 aromatic heterocycles. The molecule has 0 unspecified atom stereocenters. The Bertz CT molecular complexity index is 928. The highest BCUT2D eigenvalue weighted by atomic mass is 16.5. The van der Waals surface area contributed by atoms with Gasteiger partial charge in [0.25, 0.3) is 0 Å². The highest BCUT2D eigenvalue weighted by Crippen LogP contribution is 2.20. The van der Waals surface area contributed by atoms with Gasteiger partial charge in [-0.05, 0) is 42.2 Å². The number of benzene rings is 2. The minimum atomic E-state index is 0.0726. The Hall–Kier alpha value is -2.63. The second-order valence-corrected chi connectivity index (χ2v) is 7.35. The quantitative estimate of drug-likeness (QED) is 0.655. The fourth-order valence-electron chi connectivity index (χ4n) is 3.77. The molecule has 0 radical (unpaired) electrons. The molecule has 146 valence electrons. The maximum Gasteiger partial charge on any atom is 0.224 e. The third kappa shape index (κ3) is 4.80. The van der Waals surface area contributed by atoms with Crippen LogP contribution >= 0.6 is 0 Å². The van der Waals surface area contributed by atoms with Crippen LogP contribution in [0.1, 0.15) is 24.0 Å². The molecule has 0 saturated carbocycles. The van der Waals surface area contributed by atoms with Gasteiger partial charge in [-0.25, -0.2) is 0 Å². The predicted molar refractivity (Wildman–Crippen MR) is 112 cm³/mol. The molecule has 28 heavy (non-hydrogen) atoms. The van der Waals surface area contributed by atoms with Crippen LogP contribution in [0.3, 0.4) is 0 Å². The van der Waals surface area contributed by atoms with Crippen LogP contribution in [-0.4, -0.2) is 42.1 Å². The molecular formula is C23H27N3O2. The number of H-pyrrole nitrogens is 1. The van der Waals surface area contributed by atoms with Crippen molar-refractivity contribution in [2.45, 2.75) is 25.8 Å². The van der Waals surface area contributed by atoms with Crippen molar-refractivity contribution in [1.82, 2.24) is 9.88 Å². The van der Waals surface area contributed by atoms with E-state index < -0.39 is 0 Å². The fraction of sp³-hybridized carbons (Fsp3) is 0.348. The number of aromatic nitrogens is 1. The van der Waals surface area contributed by atoms with Gasteiger partial charge in [-0.3, -0.25) is 9.69 Å². The van der Waals surface area contributed by atoms with Crippen LogP contribution < -0.4 is 5.32 Å². The molecule has 2 heterocycles. The molecule has 5 heteroatoms. The van der Waals surface area contributed by atoms with E-state index in [9.17, 15) is 4.79 Å². The average Bonchev–Trinajstić information content (AvgIpc) is 3.12. The molecular weight excluding hydrogens is 350 g/mol. The van der Waals surface area contributed by atoms with Gasteiger partial charge in [0.1, 0.15) is 0 Å². The van der Waals surface area contributed by atoms with Crippen LogP contribution in [0.2, 0.25) is 0 Å². The van der Waals surface area contributed by atoms with E-state index in [0.717, 1.165) is 56.9 Å². The number of para-hydroxylation sites is 1. The number of ether oxygens (including phenoxy) is 1. The van der Waals surface area contributed by atoms with Crippen molar-refractivity contribution in [3.63, 3.8) is 0 Å². The first-order valence-corrected chi connectivity index (χ1v) is 10.0. The van der Waals surface area contributed by atoms with Gasteiger partial charge in [-0.15, -0.1) is 0 Å². The average molecular weight is 377 g/mol. The van der Waals surface area contributed by atoms with Crippen molar-refractivity contribution in [2.75, 3.05) is 31.6 Å². The van der Waals surface area contributed by atoms with Crippen molar-refractivity contribution < 1.29 is 9.53 Å². The highest BCUT2D eigenvalue weighted by molar-refractivity contribution is 5.90. The van der Waals surface area contributed by atoms with E-state index in [1.165, 1.54) is 16.5 Å². The molecule has 0 bridgehead atoms. The molecule has 2 N–H and O–H groups in total. The Balaban J connectivity index is 1.27. The summed E-state index contributed by atoms with van der Waals surface area (Å²) in [4.78, 5) is 18.0. The lowest BCUT2D eigenvalue weighted by Crippen LogP contribution is -2.35. The number of hydrogen-bond acceptors (Lipinski definition) is 3. The molecule has 3 aromatic rings. The monoisotopic (exact) mass is 377 g/mol. The zero-order valence-electron chi connectivity index (χ0n) is 16.1. The molecule has 1 amide bonds. The van der Waals surface area contributed by atoms with Crippen LogP contribution in [0.25, 0.3) is 10.9 Å². The Labute approximate surface area is 165 Å². The first-order chi connectivity index (χ1) is 13.8. The van der Waals surface area contributed by atoms with E-state index in [0.29, 0.717) is 6.42 Å². The summed E-state index contributed by atoms with van der Waals surface area (Å²) < 4.78 is 5.40. The maximum absolute atomic E-state index is 12.4. The number of nitrogens with one attached hydrogen (secondary N) is 2. The first-order valence-electron chi connectivity index (χ1n) is 10.0. The Kier molecular flexibility index (Phi) is 6.04. The number of morpholine rings is 1. The van der Waals surface area contributed by atoms with Crippen LogP contribution in [0, 0.1) is 0 Å². The van der Waals surface area contributed by atoms with Crippen LogP contribution in [0.15, 0.2) is 54.7 Å². The van der Waals surface area contributed by atoms with Gasteiger partial charge in [0.05, 0.1) is 13.2 Å². The topological polar surface area (TPSA) is 57.4 Å². The number of amides is 1. The number of fused-ring (bicyclic) bond motifs is 1.